The zero-order chi connectivity index (χ0) is 49.0. The lowest BCUT2D eigenvalue weighted by Gasteiger charge is -2.38. The van der Waals surface area contributed by atoms with Crippen LogP contribution in [0.15, 0.2) is 65.7 Å². The number of carbonyl (C=O) groups is 2. The minimum atomic E-state index is -2.83. The Morgan fingerprint density at radius 1 is 0.886 bits per heavy atom. The summed E-state index contributed by atoms with van der Waals surface area (Å²) in [5.74, 6) is 2.22. The van der Waals surface area contributed by atoms with E-state index in [1.54, 1.807) is 49.2 Å². The van der Waals surface area contributed by atoms with Gasteiger partial charge in [-0.2, -0.15) is 15.2 Å². The predicted molar refractivity (Wildman–Crippen MR) is 276 cm³/mol. The topological polar surface area (TPSA) is 193 Å². The van der Waals surface area contributed by atoms with Gasteiger partial charge in [0.2, 0.25) is 11.9 Å². The van der Waals surface area contributed by atoms with Gasteiger partial charge in [0.15, 0.2) is 5.82 Å². The van der Waals surface area contributed by atoms with Gasteiger partial charge in [0.05, 0.1) is 56.9 Å². The molecule has 0 atom stereocenters. The van der Waals surface area contributed by atoms with Crippen LogP contribution < -0.4 is 40.7 Å². The van der Waals surface area contributed by atoms with E-state index in [-0.39, 0.29) is 24.7 Å². The van der Waals surface area contributed by atoms with Crippen molar-refractivity contribution in [2.45, 2.75) is 45.4 Å². The molecular formula is C49H55BrFN14O4P. The first-order valence-electron chi connectivity index (χ1n) is 23.5. The second-order valence-corrected chi connectivity index (χ2v) is 22.9. The summed E-state index contributed by atoms with van der Waals surface area (Å²) < 4.78 is 39.7. The molecular weight excluding hydrogens is 979 g/mol. The van der Waals surface area contributed by atoms with Gasteiger partial charge in [-0.15, -0.1) is 0 Å². The summed E-state index contributed by atoms with van der Waals surface area (Å²) in [7, 11) is 2.52. The number of methoxy groups -OCH3 is 1. The van der Waals surface area contributed by atoms with E-state index in [9.17, 15) is 14.2 Å². The maximum absolute atomic E-state index is 15.9. The van der Waals surface area contributed by atoms with E-state index in [2.05, 4.69) is 79.0 Å². The molecule has 0 saturated carbocycles. The molecule has 364 valence electrons. The second-order valence-electron chi connectivity index (χ2n) is 18.9. The third kappa shape index (κ3) is 9.38. The third-order valence-electron chi connectivity index (χ3n) is 13.7. The zero-order valence-corrected chi connectivity index (χ0v) is 42.4. The standard InChI is InChI=1S/C49H55BrFN14O4P/c1-28-24-52-44-36(55-28)7-8-37(45(44)70(5,6)68)56-46-34(50)26-53-48(59-46)57-38-21-32(31-25-54-61(2)27-31)40(23-42(38)69-4)63-14-9-29(10-15-63)19-30-11-16-64(17-12-30)41-22-39-33(20-35(41)51)47(60-62(39)3)65-18-13-43(66)58-49(65)67/h7-8,20-27,29-30H,9-19H2,1-6H3,(H,58,66,67)(H2,53,56,57,59). The highest BCUT2D eigenvalue weighted by molar-refractivity contribution is 9.10. The smallest absolute Gasteiger partial charge is 0.329 e. The Kier molecular flexibility index (Phi) is 12.7. The quantitative estimate of drug-likeness (QED) is 0.0985. The lowest BCUT2D eigenvalue weighted by Crippen LogP contribution is -2.49. The summed E-state index contributed by atoms with van der Waals surface area (Å²) in [6.45, 7) is 8.80. The summed E-state index contributed by atoms with van der Waals surface area (Å²) >= 11 is 3.62. The minimum Gasteiger partial charge on any atom is -0.494 e. The van der Waals surface area contributed by atoms with Crippen molar-refractivity contribution in [1.29, 1.82) is 0 Å². The highest BCUT2D eigenvalue weighted by atomic mass is 79.9. The molecule has 0 unspecified atom stereocenters. The summed E-state index contributed by atoms with van der Waals surface area (Å²) in [5, 5.41) is 19.3. The van der Waals surface area contributed by atoms with E-state index in [0.29, 0.717) is 78.4 Å². The summed E-state index contributed by atoms with van der Waals surface area (Å²) in [6, 6.07) is 10.6. The monoisotopic (exact) mass is 1030 g/mol. The van der Waals surface area contributed by atoms with Crippen molar-refractivity contribution in [3.63, 3.8) is 0 Å². The SMILES string of the molecule is COc1cc(N2CCC(CC3CCN(c4cc5c(cc4F)c(N4CCC(=O)NC4=O)nn5C)CC3)CC2)c(-c2cnn(C)c2)cc1Nc1ncc(Br)c(Nc2ccc3nc(C)cnc3c2P(C)(C)=O)n1. The number of halogens is 2. The number of urea groups is 1. The van der Waals surface area contributed by atoms with Gasteiger partial charge < -0.3 is 29.7 Å². The highest BCUT2D eigenvalue weighted by Gasteiger charge is 2.32. The van der Waals surface area contributed by atoms with Crippen molar-refractivity contribution in [2.75, 3.05) is 78.5 Å². The van der Waals surface area contributed by atoms with Gasteiger partial charge in [0.1, 0.15) is 30.0 Å². The number of nitrogens with zero attached hydrogens (tertiary/aromatic N) is 11. The fourth-order valence-electron chi connectivity index (χ4n) is 10.2. The van der Waals surface area contributed by atoms with Crippen LogP contribution in [0.4, 0.5) is 49.5 Å². The molecule has 3 N–H and O–H groups in total. The second kappa shape index (κ2) is 18.9. The number of amides is 3. The summed E-state index contributed by atoms with van der Waals surface area (Å²) in [5.41, 5.74) is 7.63. The van der Waals surface area contributed by atoms with Crippen LogP contribution in [-0.2, 0) is 23.5 Å². The molecule has 0 aliphatic carbocycles. The van der Waals surface area contributed by atoms with Gasteiger partial charge in [-0.05, 0) is 110 Å². The van der Waals surface area contributed by atoms with Crippen molar-refractivity contribution >= 4 is 103 Å². The van der Waals surface area contributed by atoms with E-state index in [1.165, 1.54) is 11.0 Å². The van der Waals surface area contributed by atoms with Gasteiger partial charge in [0.25, 0.3) is 0 Å². The Labute approximate surface area is 412 Å². The third-order valence-corrected chi connectivity index (χ3v) is 15.8. The number of anilines is 7. The molecule has 10 rings (SSSR count). The van der Waals surface area contributed by atoms with Crippen molar-refractivity contribution in [1.82, 2.24) is 44.8 Å². The molecule has 3 aliphatic rings. The molecule has 3 aromatic carbocycles. The van der Waals surface area contributed by atoms with Gasteiger partial charge in [-0.1, -0.05) is 0 Å². The van der Waals surface area contributed by atoms with E-state index in [0.717, 1.165) is 86.3 Å². The van der Waals surface area contributed by atoms with Gasteiger partial charge in [0, 0.05) is 100 Å². The van der Waals surface area contributed by atoms with Crippen LogP contribution >= 0.6 is 23.1 Å². The molecule has 70 heavy (non-hydrogen) atoms. The number of aromatic nitrogens is 8. The van der Waals surface area contributed by atoms with E-state index >= 15 is 4.39 Å². The number of ether oxygens (including phenoxy) is 1. The van der Waals surface area contributed by atoms with E-state index in [4.69, 9.17) is 9.72 Å². The molecule has 4 aromatic heterocycles. The number of piperidine rings is 2. The van der Waals surface area contributed by atoms with Crippen LogP contribution in [0.3, 0.4) is 0 Å². The molecule has 0 spiro atoms. The Morgan fingerprint density at radius 2 is 1.61 bits per heavy atom. The largest absolute Gasteiger partial charge is 0.494 e. The fourth-order valence-corrected chi connectivity index (χ4v) is 11.9. The van der Waals surface area contributed by atoms with Crippen molar-refractivity contribution in [3.05, 3.63) is 77.2 Å². The normalized spacial score (nSPS) is 16.4. The number of benzene rings is 3. The number of nitrogens with one attached hydrogen (secondary N) is 3. The first kappa shape index (κ1) is 47.0. The zero-order valence-electron chi connectivity index (χ0n) is 40.0. The fraction of sp³-hybridized carbons (Fsp3) is 0.388. The van der Waals surface area contributed by atoms with Gasteiger partial charge >= 0.3 is 6.03 Å². The average molecular weight is 1030 g/mol. The van der Waals surface area contributed by atoms with Crippen LogP contribution in [0.1, 0.15) is 44.2 Å². The van der Waals surface area contributed by atoms with E-state index in [1.807, 2.05) is 44.6 Å². The molecule has 0 bridgehead atoms. The molecule has 3 saturated heterocycles. The number of hydrogen-bond acceptors (Lipinski definition) is 14. The number of carbonyl (C=O) groups excluding carboxylic acids is 2. The molecule has 7 aromatic rings. The lowest BCUT2D eigenvalue weighted by atomic mass is 9.82. The van der Waals surface area contributed by atoms with Crippen LogP contribution in [-0.4, -0.2) is 105 Å². The Balaban J connectivity index is 0.816. The van der Waals surface area contributed by atoms with Gasteiger partial charge in [-0.25, -0.2) is 19.2 Å². The van der Waals surface area contributed by atoms with Crippen LogP contribution in [0, 0.1) is 24.6 Å². The van der Waals surface area contributed by atoms with Crippen LogP contribution in [0.25, 0.3) is 33.1 Å². The lowest BCUT2D eigenvalue weighted by molar-refractivity contribution is -0.120. The van der Waals surface area contributed by atoms with Crippen molar-refractivity contribution in [2.24, 2.45) is 25.9 Å². The van der Waals surface area contributed by atoms with Crippen molar-refractivity contribution < 1.29 is 23.3 Å². The predicted octanol–water partition coefficient (Wildman–Crippen LogP) is 8.63. The number of fused-ring (bicyclic) bond motifs is 2. The van der Waals surface area contributed by atoms with Gasteiger partial charge in [-0.3, -0.25) is 29.4 Å². The average Bonchev–Trinajstić information content (AvgIpc) is 3.91. The van der Waals surface area contributed by atoms with Crippen LogP contribution in [0.2, 0.25) is 0 Å². The first-order valence-corrected chi connectivity index (χ1v) is 26.9. The molecule has 18 nitrogen and oxygen atoms in total. The number of hydrogen-bond donors (Lipinski definition) is 3. The van der Waals surface area contributed by atoms with Crippen LogP contribution in [0.5, 0.6) is 5.75 Å². The highest BCUT2D eigenvalue weighted by Crippen LogP contribution is 2.44. The maximum atomic E-state index is 15.9. The Morgan fingerprint density at radius 3 is 2.29 bits per heavy atom. The summed E-state index contributed by atoms with van der Waals surface area (Å²) in [6.07, 6.45) is 12.6. The molecule has 0 radical (unpaired) electrons. The number of imide groups is 1. The Bertz CT molecular complexity index is 3230. The molecule has 7 heterocycles. The number of rotatable bonds is 12. The first-order chi connectivity index (χ1) is 33.6. The molecule has 21 heteroatoms. The number of aryl methyl sites for hydroxylation is 3. The Hall–Kier alpha value is -6.66. The molecule has 3 aliphatic heterocycles. The molecule has 3 fully saturated rings. The molecule has 3 amide bonds. The maximum Gasteiger partial charge on any atom is 0.329 e. The van der Waals surface area contributed by atoms with E-state index < -0.39 is 13.2 Å². The van der Waals surface area contributed by atoms with Crippen molar-refractivity contribution in [3.8, 4) is 16.9 Å². The minimum absolute atomic E-state index is 0.164. The summed E-state index contributed by atoms with van der Waals surface area (Å²) in [4.78, 5) is 49.0.